The highest BCUT2D eigenvalue weighted by atomic mass is 32.1. The summed E-state index contributed by atoms with van der Waals surface area (Å²) < 4.78 is 11.6. The fourth-order valence-electron chi connectivity index (χ4n) is 2.97. The van der Waals surface area contributed by atoms with E-state index in [0.717, 1.165) is 43.0 Å². The third-order valence-electron chi connectivity index (χ3n) is 4.33. The van der Waals surface area contributed by atoms with Gasteiger partial charge in [-0.1, -0.05) is 12.1 Å². The van der Waals surface area contributed by atoms with Crippen LogP contribution in [0.4, 0.5) is 5.82 Å². The zero-order chi connectivity index (χ0) is 18.1. The summed E-state index contributed by atoms with van der Waals surface area (Å²) in [5.74, 6) is 2.25. The van der Waals surface area contributed by atoms with Crippen LogP contribution in [0.2, 0.25) is 0 Å². The molecule has 26 heavy (non-hydrogen) atoms. The van der Waals surface area contributed by atoms with Crippen molar-refractivity contribution in [3.63, 3.8) is 0 Å². The monoisotopic (exact) mass is 366 g/mol. The summed E-state index contributed by atoms with van der Waals surface area (Å²) in [4.78, 5) is 5.41. The maximum Gasteiger partial charge on any atom is 0.236 e. The van der Waals surface area contributed by atoms with Crippen LogP contribution in [-0.2, 0) is 6.54 Å². The summed E-state index contributed by atoms with van der Waals surface area (Å²) in [5.41, 5.74) is 2.15. The van der Waals surface area contributed by atoms with Crippen molar-refractivity contribution in [3.8, 4) is 11.6 Å². The topological polar surface area (TPSA) is 69.2 Å². The minimum Gasteiger partial charge on any atom is -0.497 e. The van der Waals surface area contributed by atoms with E-state index >= 15 is 0 Å². The molecular weight excluding hydrogens is 348 g/mol. The summed E-state index contributed by atoms with van der Waals surface area (Å²) in [6, 6.07) is 10.0. The van der Waals surface area contributed by atoms with E-state index in [0.29, 0.717) is 12.4 Å². The Bertz CT molecular complexity index is 1080. The molecule has 7 heteroatoms. The van der Waals surface area contributed by atoms with Crippen LogP contribution in [0.5, 0.6) is 11.6 Å². The van der Waals surface area contributed by atoms with Crippen molar-refractivity contribution in [2.75, 3.05) is 19.5 Å². The van der Waals surface area contributed by atoms with Crippen molar-refractivity contribution >= 4 is 37.5 Å². The molecule has 6 nitrogen and oxygen atoms in total. The highest BCUT2D eigenvalue weighted by Gasteiger charge is 2.16. The van der Waals surface area contributed by atoms with Gasteiger partial charge in [-0.05, 0) is 30.7 Å². The largest absolute Gasteiger partial charge is 0.497 e. The van der Waals surface area contributed by atoms with E-state index in [1.807, 2.05) is 43.5 Å². The van der Waals surface area contributed by atoms with Crippen molar-refractivity contribution in [3.05, 3.63) is 47.7 Å². The first-order chi connectivity index (χ1) is 12.7. The number of benzene rings is 1. The van der Waals surface area contributed by atoms with E-state index in [-0.39, 0.29) is 0 Å². The van der Waals surface area contributed by atoms with Crippen LogP contribution in [0.15, 0.2) is 36.5 Å². The molecule has 0 spiro atoms. The van der Waals surface area contributed by atoms with Crippen LogP contribution in [0.1, 0.15) is 11.1 Å². The number of nitrogens with one attached hydrogen (secondary N) is 1. The summed E-state index contributed by atoms with van der Waals surface area (Å²) in [5, 5.41) is 14.1. The second-order valence-electron chi connectivity index (χ2n) is 5.85. The Morgan fingerprint density at radius 1 is 1.04 bits per heavy atom. The molecule has 4 rings (SSSR count). The van der Waals surface area contributed by atoms with E-state index in [9.17, 15) is 0 Å². The third-order valence-corrected chi connectivity index (χ3v) is 5.42. The molecule has 0 amide bonds. The van der Waals surface area contributed by atoms with Crippen LogP contribution in [-0.4, -0.2) is 29.4 Å². The van der Waals surface area contributed by atoms with Crippen LogP contribution < -0.4 is 14.8 Å². The maximum atomic E-state index is 5.32. The average Bonchev–Trinajstić information content (AvgIpc) is 3.07. The Hall–Kier alpha value is -2.93. The Balaban J connectivity index is 1.71. The number of methoxy groups -OCH3 is 2. The summed E-state index contributed by atoms with van der Waals surface area (Å²) in [6.07, 6.45) is 1.82. The fourth-order valence-corrected chi connectivity index (χ4v) is 4.11. The Kier molecular flexibility index (Phi) is 4.30. The number of anilines is 1. The molecule has 0 radical (unpaired) electrons. The first-order valence-corrected chi connectivity index (χ1v) is 8.98. The second kappa shape index (κ2) is 6.76. The van der Waals surface area contributed by atoms with Gasteiger partial charge >= 0.3 is 0 Å². The lowest BCUT2D eigenvalue weighted by Gasteiger charge is -2.07. The van der Waals surface area contributed by atoms with E-state index in [1.54, 1.807) is 25.6 Å². The number of fused-ring (bicyclic) bond motifs is 3. The molecule has 0 unspecified atom stereocenters. The minimum atomic E-state index is 0.557. The van der Waals surface area contributed by atoms with Crippen LogP contribution in [0.25, 0.3) is 20.3 Å². The van der Waals surface area contributed by atoms with Gasteiger partial charge < -0.3 is 14.8 Å². The van der Waals surface area contributed by atoms with Crippen molar-refractivity contribution < 1.29 is 9.47 Å². The van der Waals surface area contributed by atoms with Gasteiger partial charge in [0.15, 0.2) is 0 Å². The predicted molar refractivity (Wildman–Crippen MR) is 104 cm³/mol. The molecule has 0 aliphatic heterocycles. The van der Waals surface area contributed by atoms with Crippen molar-refractivity contribution in [2.24, 2.45) is 0 Å². The number of hydrogen-bond donors (Lipinski definition) is 1. The minimum absolute atomic E-state index is 0.557. The van der Waals surface area contributed by atoms with E-state index in [2.05, 4.69) is 20.5 Å². The first-order valence-electron chi connectivity index (χ1n) is 8.16. The lowest BCUT2D eigenvalue weighted by molar-refractivity contribution is 0.390. The number of hydrogen-bond acceptors (Lipinski definition) is 7. The summed E-state index contributed by atoms with van der Waals surface area (Å²) >= 11 is 1.59. The third kappa shape index (κ3) is 2.80. The van der Waals surface area contributed by atoms with Gasteiger partial charge in [-0.2, -0.15) is 0 Å². The van der Waals surface area contributed by atoms with E-state index in [1.165, 1.54) is 0 Å². The van der Waals surface area contributed by atoms with Gasteiger partial charge in [-0.15, -0.1) is 21.5 Å². The summed E-state index contributed by atoms with van der Waals surface area (Å²) in [7, 11) is 3.28. The molecule has 0 atom stereocenters. The Morgan fingerprint density at radius 2 is 1.85 bits per heavy atom. The van der Waals surface area contributed by atoms with E-state index < -0.39 is 0 Å². The van der Waals surface area contributed by atoms with Crippen LogP contribution in [0, 0.1) is 6.92 Å². The van der Waals surface area contributed by atoms with Gasteiger partial charge in [-0.25, -0.2) is 4.98 Å². The smallest absolute Gasteiger partial charge is 0.236 e. The number of pyridine rings is 1. The van der Waals surface area contributed by atoms with Crippen LogP contribution in [0.3, 0.4) is 0 Å². The number of nitrogens with zero attached hydrogens (tertiary/aromatic N) is 3. The molecular formula is C19H18N4O2S. The number of aromatic nitrogens is 3. The van der Waals surface area contributed by atoms with Crippen molar-refractivity contribution in [1.82, 2.24) is 15.2 Å². The first kappa shape index (κ1) is 16.5. The standard InChI is InChI=1S/C19H18N4O2S/c1-11-15-14-8-9-20-17(16(14)26-19(15)23-22-18(11)25-3)21-10-12-4-6-13(24-2)7-5-12/h4-9H,10H2,1-3H3,(H,20,21). The molecule has 0 saturated carbocycles. The quantitative estimate of drug-likeness (QED) is 0.571. The Morgan fingerprint density at radius 3 is 2.58 bits per heavy atom. The highest BCUT2D eigenvalue weighted by molar-refractivity contribution is 7.26. The molecule has 3 aromatic heterocycles. The van der Waals surface area contributed by atoms with Gasteiger partial charge in [-0.3, -0.25) is 0 Å². The molecule has 1 N–H and O–H groups in total. The van der Waals surface area contributed by atoms with Gasteiger partial charge in [0.2, 0.25) is 5.88 Å². The fraction of sp³-hybridized carbons (Fsp3) is 0.211. The van der Waals surface area contributed by atoms with Gasteiger partial charge in [0.05, 0.1) is 18.9 Å². The molecule has 3 heterocycles. The van der Waals surface area contributed by atoms with Gasteiger partial charge in [0, 0.05) is 29.1 Å². The van der Waals surface area contributed by atoms with Gasteiger partial charge in [0.25, 0.3) is 0 Å². The molecule has 4 aromatic rings. The Labute approximate surface area is 154 Å². The SMILES string of the molecule is COc1ccc(CNc2nccc3c2sc2nnc(OC)c(C)c23)cc1. The zero-order valence-electron chi connectivity index (χ0n) is 14.7. The van der Waals surface area contributed by atoms with E-state index in [4.69, 9.17) is 9.47 Å². The zero-order valence-corrected chi connectivity index (χ0v) is 15.6. The molecule has 0 aliphatic rings. The highest BCUT2D eigenvalue weighted by Crippen LogP contribution is 2.39. The molecule has 1 aromatic carbocycles. The summed E-state index contributed by atoms with van der Waals surface area (Å²) in [6.45, 7) is 2.69. The van der Waals surface area contributed by atoms with Gasteiger partial charge in [0.1, 0.15) is 16.4 Å². The maximum absolute atomic E-state index is 5.32. The average molecular weight is 366 g/mol. The molecule has 0 saturated heterocycles. The molecule has 0 aliphatic carbocycles. The van der Waals surface area contributed by atoms with Crippen molar-refractivity contribution in [1.29, 1.82) is 0 Å². The number of rotatable bonds is 5. The molecule has 132 valence electrons. The number of aryl methyl sites for hydroxylation is 1. The number of ether oxygens (including phenoxy) is 2. The van der Waals surface area contributed by atoms with Crippen LogP contribution >= 0.6 is 11.3 Å². The second-order valence-corrected chi connectivity index (χ2v) is 6.85. The molecule has 0 fully saturated rings. The lowest BCUT2D eigenvalue weighted by Crippen LogP contribution is -2.01. The van der Waals surface area contributed by atoms with Crippen molar-refractivity contribution in [2.45, 2.75) is 13.5 Å². The molecule has 0 bridgehead atoms. The normalized spacial score (nSPS) is 11.0. The predicted octanol–water partition coefficient (Wildman–Crippen LogP) is 4.18. The lowest BCUT2D eigenvalue weighted by atomic mass is 10.1. The number of thiophene rings is 1.